The summed E-state index contributed by atoms with van der Waals surface area (Å²) in [5.41, 5.74) is 1.12. The van der Waals surface area contributed by atoms with E-state index in [0.717, 1.165) is 12.0 Å². The zero-order chi connectivity index (χ0) is 13.7. The highest BCUT2D eigenvalue weighted by Crippen LogP contribution is 2.18. The molecular weight excluding hydrogens is 234 g/mol. The quantitative estimate of drug-likeness (QED) is 0.857. The summed E-state index contributed by atoms with van der Waals surface area (Å²) in [6, 6.07) is 14.8. The number of Topliss-reactive ketones (excluding diaryl/α,β-unsaturated/α-hetero) is 1. The molecule has 0 amide bonds. The Bertz CT molecular complexity index is 557. The Hall–Kier alpha value is -1.67. The number of rotatable bonds is 6. The number of benzene rings is 2. The van der Waals surface area contributed by atoms with Crippen molar-refractivity contribution >= 4 is 16.6 Å². The zero-order valence-corrected chi connectivity index (χ0v) is 11.6. The van der Waals surface area contributed by atoms with Crippen LogP contribution in [0.2, 0.25) is 0 Å². The molecule has 0 aromatic heterocycles. The summed E-state index contributed by atoms with van der Waals surface area (Å²) < 4.78 is 0. The van der Waals surface area contributed by atoms with Gasteiger partial charge < -0.3 is 5.32 Å². The molecule has 19 heavy (non-hydrogen) atoms. The van der Waals surface area contributed by atoms with E-state index >= 15 is 0 Å². The van der Waals surface area contributed by atoms with Gasteiger partial charge in [0, 0.05) is 12.5 Å². The lowest BCUT2D eigenvalue weighted by Gasteiger charge is -2.11. The van der Waals surface area contributed by atoms with Crippen LogP contribution < -0.4 is 5.32 Å². The largest absolute Gasteiger partial charge is 0.307 e. The van der Waals surface area contributed by atoms with Crippen LogP contribution in [-0.4, -0.2) is 18.4 Å². The van der Waals surface area contributed by atoms with Crippen LogP contribution in [0.3, 0.4) is 0 Å². The molecule has 2 rings (SSSR count). The number of carbonyl (C=O) groups excluding carboxylic acids is 1. The molecule has 0 bridgehead atoms. The summed E-state index contributed by atoms with van der Waals surface area (Å²) in [7, 11) is 0. The third-order valence-electron chi connectivity index (χ3n) is 3.53. The number of hydrogen-bond acceptors (Lipinski definition) is 2. The first-order valence-corrected chi connectivity index (χ1v) is 6.92. The van der Waals surface area contributed by atoms with E-state index in [9.17, 15) is 4.79 Å². The molecule has 0 saturated heterocycles. The highest BCUT2D eigenvalue weighted by Gasteiger charge is 2.08. The number of hydrogen-bond donors (Lipinski definition) is 1. The second kappa shape index (κ2) is 6.48. The van der Waals surface area contributed by atoms with E-state index in [1.54, 1.807) is 0 Å². The standard InChI is InChI=1S/C17H21NO/c1-3-13(2)18-12-16(19)11-15-9-6-8-14-7-4-5-10-17(14)15/h4-10,13,18H,3,11-12H2,1-2H3. The van der Waals surface area contributed by atoms with Crippen LogP contribution in [-0.2, 0) is 11.2 Å². The topological polar surface area (TPSA) is 29.1 Å². The molecule has 0 aliphatic rings. The average Bonchev–Trinajstić information content (AvgIpc) is 2.45. The second-order valence-corrected chi connectivity index (χ2v) is 5.04. The first-order chi connectivity index (χ1) is 9.20. The van der Waals surface area contributed by atoms with E-state index in [4.69, 9.17) is 0 Å². The smallest absolute Gasteiger partial charge is 0.150 e. The molecule has 0 spiro atoms. The highest BCUT2D eigenvalue weighted by molar-refractivity contribution is 5.91. The van der Waals surface area contributed by atoms with Crippen LogP contribution >= 0.6 is 0 Å². The maximum Gasteiger partial charge on any atom is 0.150 e. The lowest BCUT2D eigenvalue weighted by Crippen LogP contribution is -2.31. The SMILES string of the molecule is CCC(C)NCC(=O)Cc1cccc2ccccc12. The molecular formula is C17H21NO. The minimum Gasteiger partial charge on any atom is -0.307 e. The van der Waals surface area contributed by atoms with E-state index in [2.05, 4.69) is 37.4 Å². The molecule has 1 N–H and O–H groups in total. The number of nitrogens with one attached hydrogen (secondary N) is 1. The van der Waals surface area contributed by atoms with Crippen molar-refractivity contribution < 1.29 is 4.79 Å². The van der Waals surface area contributed by atoms with Crippen molar-refractivity contribution in [3.8, 4) is 0 Å². The predicted molar refractivity (Wildman–Crippen MR) is 80.4 cm³/mol. The Kier molecular flexibility index (Phi) is 4.69. The summed E-state index contributed by atoms with van der Waals surface area (Å²) in [4.78, 5) is 12.0. The third kappa shape index (κ3) is 3.65. The Morgan fingerprint density at radius 3 is 2.68 bits per heavy atom. The number of fused-ring (bicyclic) bond motifs is 1. The molecule has 0 fully saturated rings. The monoisotopic (exact) mass is 255 g/mol. The van der Waals surface area contributed by atoms with Gasteiger partial charge in [0.05, 0.1) is 6.54 Å². The van der Waals surface area contributed by atoms with Crippen LogP contribution in [0.1, 0.15) is 25.8 Å². The van der Waals surface area contributed by atoms with Crippen molar-refractivity contribution in [1.82, 2.24) is 5.32 Å². The number of ketones is 1. The fourth-order valence-corrected chi connectivity index (χ4v) is 2.15. The van der Waals surface area contributed by atoms with Gasteiger partial charge in [-0.2, -0.15) is 0 Å². The first kappa shape index (κ1) is 13.8. The van der Waals surface area contributed by atoms with Gasteiger partial charge in [0.25, 0.3) is 0 Å². The first-order valence-electron chi connectivity index (χ1n) is 6.92. The molecule has 2 nitrogen and oxygen atoms in total. The summed E-state index contributed by atoms with van der Waals surface area (Å²) in [5, 5.41) is 5.63. The van der Waals surface area contributed by atoms with E-state index in [-0.39, 0.29) is 5.78 Å². The van der Waals surface area contributed by atoms with Gasteiger partial charge in [-0.3, -0.25) is 4.79 Å². The predicted octanol–water partition coefficient (Wildman–Crippen LogP) is 3.34. The normalized spacial score (nSPS) is 12.5. The van der Waals surface area contributed by atoms with Crippen molar-refractivity contribution in [1.29, 1.82) is 0 Å². The Labute approximate surface area is 114 Å². The van der Waals surface area contributed by atoms with E-state index in [1.165, 1.54) is 10.8 Å². The van der Waals surface area contributed by atoms with Gasteiger partial charge >= 0.3 is 0 Å². The highest BCUT2D eigenvalue weighted by atomic mass is 16.1. The molecule has 100 valence electrons. The van der Waals surface area contributed by atoms with Crippen molar-refractivity contribution in [2.75, 3.05) is 6.54 Å². The third-order valence-corrected chi connectivity index (χ3v) is 3.53. The summed E-state index contributed by atoms with van der Waals surface area (Å²) in [6.07, 6.45) is 1.55. The zero-order valence-electron chi connectivity index (χ0n) is 11.6. The average molecular weight is 255 g/mol. The van der Waals surface area contributed by atoms with Gasteiger partial charge in [-0.05, 0) is 29.7 Å². The van der Waals surface area contributed by atoms with Crippen molar-refractivity contribution in [2.45, 2.75) is 32.7 Å². The molecule has 0 aliphatic heterocycles. The minimum atomic E-state index is 0.247. The fraction of sp³-hybridized carbons (Fsp3) is 0.353. The Morgan fingerprint density at radius 1 is 1.16 bits per heavy atom. The van der Waals surface area contributed by atoms with Crippen LogP contribution in [0, 0.1) is 0 Å². The van der Waals surface area contributed by atoms with Crippen LogP contribution in [0.15, 0.2) is 42.5 Å². The Balaban J connectivity index is 2.07. The fourth-order valence-electron chi connectivity index (χ4n) is 2.15. The molecule has 2 heteroatoms. The van der Waals surface area contributed by atoms with Gasteiger partial charge in [-0.1, -0.05) is 49.4 Å². The molecule has 0 saturated carbocycles. The maximum atomic E-state index is 12.0. The van der Waals surface area contributed by atoms with Crippen molar-refractivity contribution in [3.63, 3.8) is 0 Å². The van der Waals surface area contributed by atoms with Crippen molar-refractivity contribution in [3.05, 3.63) is 48.0 Å². The maximum absolute atomic E-state index is 12.0. The van der Waals surface area contributed by atoms with Gasteiger partial charge in [0.2, 0.25) is 0 Å². The molecule has 0 aliphatic carbocycles. The molecule has 2 aromatic carbocycles. The second-order valence-electron chi connectivity index (χ2n) is 5.04. The molecule has 1 atom stereocenters. The van der Waals surface area contributed by atoms with Gasteiger partial charge in [0.1, 0.15) is 0 Å². The van der Waals surface area contributed by atoms with Crippen LogP contribution in [0.25, 0.3) is 10.8 Å². The van der Waals surface area contributed by atoms with Gasteiger partial charge in [0.15, 0.2) is 5.78 Å². The molecule has 0 radical (unpaired) electrons. The minimum absolute atomic E-state index is 0.247. The summed E-state index contributed by atoms with van der Waals surface area (Å²) >= 11 is 0. The van der Waals surface area contributed by atoms with Crippen LogP contribution in [0.5, 0.6) is 0 Å². The molecule has 0 heterocycles. The van der Waals surface area contributed by atoms with Gasteiger partial charge in [-0.25, -0.2) is 0 Å². The number of carbonyl (C=O) groups is 1. The van der Waals surface area contributed by atoms with E-state index in [0.29, 0.717) is 19.0 Å². The molecule has 1 unspecified atom stereocenters. The van der Waals surface area contributed by atoms with Crippen LogP contribution in [0.4, 0.5) is 0 Å². The van der Waals surface area contributed by atoms with E-state index in [1.807, 2.05) is 24.3 Å². The Morgan fingerprint density at radius 2 is 1.89 bits per heavy atom. The summed E-state index contributed by atoms with van der Waals surface area (Å²) in [6.45, 7) is 4.68. The summed E-state index contributed by atoms with van der Waals surface area (Å²) in [5.74, 6) is 0.247. The lowest BCUT2D eigenvalue weighted by atomic mass is 10.0. The van der Waals surface area contributed by atoms with Crippen molar-refractivity contribution in [2.24, 2.45) is 0 Å². The molecule has 2 aromatic rings. The van der Waals surface area contributed by atoms with E-state index < -0.39 is 0 Å². The van der Waals surface area contributed by atoms with Gasteiger partial charge in [-0.15, -0.1) is 0 Å². The lowest BCUT2D eigenvalue weighted by molar-refractivity contribution is -0.117.